The standard InChI is InChI=1S/C9H16N2O9S/c10-7(9(13)14)1-2-8(12)19-3-5-21(17,18)6-4-20-11(15)16/h7H,1-6,10H2,(H,13,14)/t7-/m0/s1. The van der Waals surface area contributed by atoms with Gasteiger partial charge in [0.25, 0.3) is 5.09 Å². The molecule has 0 amide bonds. The second-order valence-corrected chi connectivity index (χ2v) is 6.22. The van der Waals surface area contributed by atoms with Crippen LogP contribution in [-0.4, -0.2) is 61.3 Å². The summed E-state index contributed by atoms with van der Waals surface area (Å²) in [6.45, 7) is -1.03. The van der Waals surface area contributed by atoms with Crippen molar-refractivity contribution in [2.75, 3.05) is 24.7 Å². The molecule has 0 aliphatic heterocycles. The molecule has 0 aliphatic carbocycles. The summed E-state index contributed by atoms with van der Waals surface area (Å²) in [4.78, 5) is 35.3. The zero-order chi connectivity index (χ0) is 16.5. The van der Waals surface area contributed by atoms with Crippen LogP contribution in [0.25, 0.3) is 0 Å². The molecule has 11 nitrogen and oxygen atoms in total. The first-order valence-electron chi connectivity index (χ1n) is 5.76. The predicted molar refractivity (Wildman–Crippen MR) is 67.4 cm³/mol. The first-order chi connectivity index (χ1) is 9.64. The van der Waals surface area contributed by atoms with Crippen LogP contribution in [0.3, 0.4) is 0 Å². The molecule has 0 aromatic heterocycles. The molecule has 0 heterocycles. The lowest BCUT2D eigenvalue weighted by Crippen LogP contribution is -2.31. The molecule has 0 fully saturated rings. The van der Waals surface area contributed by atoms with Gasteiger partial charge in [0, 0.05) is 6.42 Å². The second-order valence-electron chi connectivity index (χ2n) is 3.91. The van der Waals surface area contributed by atoms with Crippen molar-refractivity contribution in [1.29, 1.82) is 0 Å². The van der Waals surface area contributed by atoms with Crippen LogP contribution in [0, 0.1) is 10.1 Å². The molecule has 0 saturated carbocycles. The zero-order valence-electron chi connectivity index (χ0n) is 11.0. The molecule has 0 bridgehead atoms. The van der Waals surface area contributed by atoms with Gasteiger partial charge in [-0.25, -0.2) is 8.42 Å². The van der Waals surface area contributed by atoms with Gasteiger partial charge in [-0.3, -0.25) is 9.59 Å². The minimum absolute atomic E-state index is 0.127. The maximum Gasteiger partial charge on any atom is 0.320 e. The smallest absolute Gasteiger partial charge is 0.320 e. The van der Waals surface area contributed by atoms with Gasteiger partial charge in [-0.2, -0.15) is 0 Å². The van der Waals surface area contributed by atoms with Crippen molar-refractivity contribution < 1.29 is 37.8 Å². The number of aliphatic carboxylic acids is 1. The van der Waals surface area contributed by atoms with Gasteiger partial charge in [0.1, 0.15) is 19.3 Å². The van der Waals surface area contributed by atoms with Gasteiger partial charge >= 0.3 is 11.9 Å². The molecule has 21 heavy (non-hydrogen) atoms. The van der Waals surface area contributed by atoms with E-state index in [0.29, 0.717) is 0 Å². The topological polar surface area (TPSA) is 176 Å². The maximum absolute atomic E-state index is 11.4. The highest BCUT2D eigenvalue weighted by Crippen LogP contribution is 1.99. The van der Waals surface area contributed by atoms with Crippen LogP contribution >= 0.6 is 0 Å². The van der Waals surface area contributed by atoms with Crippen LogP contribution < -0.4 is 5.73 Å². The molecule has 0 unspecified atom stereocenters. The SMILES string of the molecule is N[C@@H](CCC(=O)OCCS(=O)(=O)CCO[N+](=O)[O-])C(=O)O. The fourth-order valence-electron chi connectivity index (χ4n) is 1.09. The minimum atomic E-state index is -3.64. The first kappa shape index (κ1) is 19.1. The van der Waals surface area contributed by atoms with Crippen LogP contribution in [-0.2, 0) is 29.0 Å². The Morgan fingerprint density at radius 2 is 1.86 bits per heavy atom. The van der Waals surface area contributed by atoms with E-state index in [1.54, 1.807) is 0 Å². The number of nitrogens with zero attached hydrogens (tertiary/aromatic N) is 1. The number of carboxylic acid groups (broad SMARTS) is 1. The zero-order valence-corrected chi connectivity index (χ0v) is 11.8. The normalized spacial score (nSPS) is 12.4. The van der Waals surface area contributed by atoms with Crippen LogP contribution in [0.4, 0.5) is 0 Å². The van der Waals surface area contributed by atoms with E-state index in [1.165, 1.54) is 0 Å². The molecule has 0 aliphatic rings. The number of hydrogen-bond donors (Lipinski definition) is 2. The molecule has 0 aromatic carbocycles. The molecule has 122 valence electrons. The third-order valence-corrected chi connectivity index (χ3v) is 3.80. The maximum atomic E-state index is 11.4. The third-order valence-electron chi connectivity index (χ3n) is 2.23. The number of carbonyl (C=O) groups is 2. The Bertz CT molecular complexity index is 476. The van der Waals surface area contributed by atoms with Crippen molar-refractivity contribution in [2.24, 2.45) is 5.73 Å². The average Bonchev–Trinajstić information content (AvgIpc) is 2.34. The van der Waals surface area contributed by atoms with Gasteiger partial charge in [-0.05, 0) is 6.42 Å². The van der Waals surface area contributed by atoms with Crippen LogP contribution in [0.2, 0.25) is 0 Å². The number of nitrogens with two attached hydrogens (primary N) is 1. The van der Waals surface area contributed by atoms with Gasteiger partial charge in [-0.1, -0.05) is 0 Å². The Labute approximate surface area is 120 Å². The summed E-state index contributed by atoms with van der Waals surface area (Å²) in [5.74, 6) is -3.11. The van der Waals surface area contributed by atoms with Crippen molar-refractivity contribution in [3.63, 3.8) is 0 Å². The summed E-state index contributed by atoms with van der Waals surface area (Å²) < 4.78 is 27.3. The summed E-state index contributed by atoms with van der Waals surface area (Å²) in [5, 5.41) is 17.2. The van der Waals surface area contributed by atoms with Crippen LogP contribution in [0.15, 0.2) is 0 Å². The summed E-state index contributed by atoms with van der Waals surface area (Å²) in [7, 11) is -3.64. The van der Waals surface area contributed by atoms with Crippen LogP contribution in [0.1, 0.15) is 12.8 Å². The first-order valence-corrected chi connectivity index (χ1v) is 7.58. The van der Waals surface area contributed by atoms with Gasteiger partial charge in [0.05, 0.1) is 11.5 Å². The average molecular weight is 328 g/mol. The Hall–Kier alpha value is -1.95. The van der Waals surface area contributed by atoms with Gasteiger partial charge in [0.15, 0.2) is 9.84 Å². The highest BCUT2D eigenvalue weighted by Gasteiger charge is 2.16. The number of carbonyl (C=O) groups excluding carboxylic acids is 1. The monoisotopic (exact) mass is 328 g/mol. The number of sulfone groups is 1. The Balaban J connectivity index is 3.88. The van der Waals surface area contributed by atoms with Gasteiger partial charge < -0.3 is 20.4 Å². The lowest BCUT2D eigenvalue weighted by molar-refractivity contribution is -0.756. The Morgan fingerprint density at radius 1 is 1.29 bits per heavy atom. The molecule has 3 N–H and O–H groups in total. The molecule has 0 saturated heterocycles. The molecule has 1 atom stereocenters. The van der Waals surface area contributed by atoms with Gasteiger partial charge in [0.2, 0.25) is 0 Å². The van der Waals surface area contributed by atoms with E-state index in [1.807, 2.05) is 0 Å². The van der Waals surface area contributed by atoms with E-state index in [4.69, 9.17) is 10.8 Å². The predicted octanol–water partition coefficient (Wildman–Crippen LogP) is -1.66. The highest BCUT2D eigenvalue weighted by atomic mass is 32.2. The largest absolute Gasteiger partial charge is 0.480 e. The number of rotatable bonds is 11. The van der Waals surface area contributed by atoms with E-state index in [-0.39, 0.29) is 12.8 Å². The molecular formula is C9H16N2O9S. The van der Waals surface area contributed by atoms with Crippen molar-refractivity contribution in [3.05, 3.63) is 10.1 Å². The fourth-order valence-corrected chi connectivity index (χ4v) is 1.96. The van der Waals surface area contributed by atoms with E-state index >= 15 is 0 Å². The number of hydrogen-bond acceptors (Lipinski definition) is 9. The van der Waals surface area contributed by atoms with Crippen molar-refractivity contribution in [2.45, 2.75) is 18.9 Å². The van der Waals surface area contributed by atoms with Crippen molar-refractivity contribution in [1.82, 2.24) is 0 Å². The van der Waals surface area contributed by atoms with Crippen molar-refractivity contribution >= 4 is 21.8 Å². The Kier molecular flexibility index (Phi) is 8.23. The highest BCUT2D eigenvalue weighted by molar-refractivity contribution is 7.91. The van der Waals surface area contributed by atoms with Crippen molar-refractivity contribution in [3.8, 4) is 0 Å². The molecule has 12 heteroatoms. The summed E-state index contributed by atoms with van der Waals surface area (Å²) in [6, 6.07) is -1.19. The number of esters is 1. The summed E-state index contributed by atoms with van der Waals surface area (Å²) in [6.07, 6.45) is -0.379. The lowest BCUT2D eigenvalue weighted by Gasteiger charge is -2.07. The minimum Gasteiger partial charge on any atom is -0.480 e. The van der Waals surface area contributed by atoms with E-state index in [0.717, 1.165) is 0 Å². The van der Waals surface area contributed by atoms with Gasteiger partial charge in [-0.15, -0.1) is 10.1 Å². The number of ether oxygens (including phenoxy) is 1. The van der Waals surface area contributed by atoms with E-state index < -0.39 is 57.6 Å². The molecule has 0 spiro atoms. The van der Waals surface area contributed by atoms with Crippen LogP contribution in [0.5, 0.6) is 0 Å². The molecule has 0 radical (unpaired) electrons. The molecule has 0 aromatic rings. The second kappa shape index (κ2) is 9.07. The fraction of sp³-hybridized carbons (Fsp3) is 0.778. The summed E-state index contributed by atoms with van der Waals surface area (Å²) >= 11 is 0. The summed E-state index contributed by atoms with van der Waals surface area (Å²) in [5.41, 5.74) is 5.17. The quantitative estimate of drug-likeness (QED) is 0.253. The number of carboxylic acids is 1. The van der Waals surface area contributed by atoms with E-state index in [2.05, 4.69) is 9.57 Å². The Morgan fingerprint density at radius 3 is 2.38 bits per heavy atom. The van der Waals surface area contributed by atoms with E-state index in [9.17, 15) is 28.1 Å². The third kappa shape index (κ3) is 10.5. The molecular weight excluding hydrogens is 312 g/mol. The molecule has 0 rings (SSSR count). The lowest BCUT2D eigenvalue weighted by atomic mass is 10.2.